The Hall–Kier alpha value is -1.10. The van der Waals surface area contributed by atoms with E-state index in [1.807, 2.05) is 18.7 Å². The summed E-state index contributed by atoms with van der Waals surface area (Å²) < 4.78 is 4.75. The zero-order chi connectivity index (χ0) is 12.8. The Balaban J connectivity index is 2.35. The standard InChI is InChI=1S/C12H22N2O3/c1-9(2)13-11(15)6-8-14-7-4-5-10(14)12(16)17-3/h9-10H,4-8H2,1-3H3,(H,13,15). The second-order valence-electron chi connectivity index (χ2n) is 4.69. The average Bonchev–Trinajstić information content (AvgIpc) is 2.72. The number of carbonyl (C=O) groups excluding carboxylic acids is 2. The smallest absolute Gasteiger partial charge is 0.323 e. The minimum atomic E-state index is -0.188. The fourth-order valence-corrected chi connectivity index (χ4v) is 2.14. The molecule has 0 aliphatic carbocycles. The number of rotatable bonds is 5. The summed E-state index contributed by atoms with van der Waals surface area (Å²) in [6, 6.07) is 0.00401. The van der Waals surface area contributed by atoms with Crippen molar-refractivity contribution in [3.05, 3.63) is 0 Å². The van der Waals surface area contributed by atoms with Gasteiger partial charge in [0.25, 0.3) is 0 Å². The lowest BCUT2D eigenvalue weighted by Gasteiger charge is -2.22. The Labute approximate surface area is 102 Å². The maximum absolute atomic E-state index is 11.5. The Bertz CT molecular complexity index is 279. The second kappa shape index (κ2) is 6.59. The van der Waals surface area contributed by atoms with Gasteiger partial charge in [0.2, 0.25) is 5.91 Å². The van der Waals surface area contributed by atoms with Gasteiger partial charge in [-0.25, -0.2) is 0 Å². The SMILES string of the molecule is COC(=O)C1CCCN1CCC(=O)NC(C)C. The van der Waals surface area contributed by atoms with Gasteiger partial charge in [-0.05, 0) is 33.2 Å². The number of likely N-dealkylation sites (tertiary alicyclic amines) is 1. The fraction of sp³-hybridized carbons (Fsp3) is 0.833. The van der Waals surface area contributed by atoms with Gasteiger partial charge in [-0.2, -0.15) is 0 Å². The second-order valence-corrected chi connectivity index (χ2v) is 4.69. The number of hydrogen-bond donors (Lipinski definition) is 1. The molecule has 0 aromatic carbocycles. The van der Waals surface area contributed by atoms with E-state index in [1.165, 1.54) is 7.11 Å². The third-order valence-electron chi connectivity index (χ3n) is 2.91. The summed E-state index contributed by atoms with van der Waals surface area (Å²) in [5.74, 6) is -0.151. The highest BCUT2D eigenvalue weighted by Gasteiger charge is 2.31. The number of nitrogens with one attached hydrogen (secondary N) is 1. The van der Waals surface area contributed by atoms with Crippen LogP contribution < -0.4 is 5.32 Å². The highest BCUT2D eigenvalue weighted by Crippen LogP contribution is 2.18. The summed E-state index contributed by atoms with van der Waals surface area (Å²) in [5.41, 5.74) is 0. The zero-order valence-electron chi connectivity index (χ0n) is 10.9. The van der Waals surface area contributed by atoms with E-state index in [-0.39, 0.29) is 24.0 Å². The van der Waals surface area contributed by atoms with Crippen molar-refractivity contribution in [1.29, 1.82) is 0 Å². The van der Waals surface area contributed by atoms with Gasteiger partial charge in [-0.1, -0.05) is 0 Å². The normalized spacial score (nSPS) is 20.6. The van der Waals surface area contributed by atoms with Crippen LogP contribution in [-0.2, 0) is 14.3 Å². The molecular formula is C12H22N2O3. The van der Waals surface area contributed by atoms with E-state index in [2.05, 4.69) is 5.32 Å². The van der Waals surface area contributed by atoms with Crippen molar-refractivity contribution in [3.63, 3.8) is 0 Å². The van der Waals surface area contributed by atoms with Gasteiger partial charge in [0, 0.05) is 19.0 Å². The van der Waals surface area contributed by atoms with Crippen LogP contribution in [0.2, 0.25) is 0 Å². The van der Waals surface area contributed by atoms with Crippen LogP contribution in [0.4, 0.5) is 0 Å². The number of amides is 1. The van der Waals surface area contributed by atoms with Gasteiger partial charge in [0.1, 0.15) is 6.04 Å². The molecule has 1 fully saturated rings. The minimum Gasteiger partial charge on any atom is -0.468 e. The molecule has 98 valence electrons. The maximum Gasteiger partial charge on any atom is 0.323 e. The topological polar surface area (TPSA) is 58.6 Å². The highest BCUT2D eigenvalue weighted by atomic mass is 16.5. The molecule has 1 rings (SSSR count). The number of carbonyl (C=O) groups is 2. The summed E-state index contributed by atoms with van der Waals surface area (Å²) in [6.07, 6.45) is 2.26. The summed E-state index contributed by atoms with van der Waals surface area (Å²) in [6.45, 7) is 5.36. The van der Waals surface area contributed by atoms with Crippen LogP contribution in [0.25, 0.3) is 0 Å². The van der Waals surface area contributed by atoms with Crippen molar-refractivity contribution in [3.8, 4) is 0 Å². The van der Waals surface area contributed by atoms with Crippen molar-refractivity contribution in [2.45, 2.75) is 45.2 Å². The van der Waals surface area contributed by atoms with Crippen molar-refractivity contribution in [1.82, 2.24) is 10.2 Å². The summed E-state index contributed by atoms with van der Waals surface area (Å²) in [4.78, 5) is 25.0. The van der Waals surface area contributed by atoms with Crippen LogP contribution in [0, 0.1) is 0 Å². The van der Waals surface area contributed by atoms with Crippen molar-refractivity contribution >= 4 is 11.9 Å². The third kappa shape index (κ3) is 4.34. The van der Waals surface area contributed by atoms with Crippen molar-refractivity contribution in [2.75, 3.05) is 20.2 Å². The molecule has 1 atom stereocenters. The van der Waals surface area contributed by atoms with Gasteiger partial charge in [-0.3, -0.25) is 14.5 Å². The maximum atomic E-state index is 11.5. The molecular weight excluding hydrogens is 220 g/mol. The predicted octanol–water partition coefficient (Wildman–Crippen LogP) is 0.539. The van der Waals surface area contributed by atoms with E-state index in [0.717, 1.165) is 19.4 Å². The summed E-state index contributed by atoms with van der Waals surface area (Å²) >= 11 is 0. The highest BCUT2D eigenvalue weighted by molar-refractivity contribution is 5.77. The molecule has 1 unspecified atom stereocenters. The number of methoxy groups -OCH3 is 1. The molecule has 1 aliphatic rings. The minimum absolute atomic E-state index is 0.0375. The molecule has 0 saturated carbocycles. The first kappa shape index (κ1) is 14.0. The zero-order valence-corrected chi connectivity index (χ0v) is 10.9. The van der Waals surface area contributed by atoms with Gasteiger partial charge >= 0.3 is 5.97 Å². The molecule has 5 nitrogen and oxygen atoms in total. The van der Waals surface area contributed by atoms with Crippen molar-refractivity contribution in [2.24, 2.45) is 0 Å². The Morgan fingerprint density at radius 3 is 2.76 bits per heavy atom. The molecule has 1 saturated heterocycles. The number of nitrogens with zero attached hydrogens (tertiary/aromatic N) is 1. The summed E-state index contributed by atoms with van der Waals surface area (Å²) in [7, 11) is 1.41. The Kier molecular flexibility index (Phi) is 5.41. The number of esters is 1. The first-order valence-corrected chi connectivity index (χ1v) is 6.16. The Morgan fingerprint density at radius 1 is 1.47 bits per heavy atom. The monoisotopic (exact) mass is 242 g/mol. The summed E-state index contributed by atoms with van der Waals surface area (Å²) in [5, 5.41) is 2.84. The average molecular weight is 242 g/mol. The van der Waals surface area contributed by atoms with Crippen LogP contribution in [0.1, 0.15) is 33.1 Å². The lowest BCUT2D eigenvalue weighted by Crippen LogP contribution is -2.40. The molecule has 0 aromatic rings. The molecule has 0 bridgehead atoms. The molecule has 1 heterocycles. The molecule has 17 heavy (non-hydrogen) atoms. The van der Waals surface area contributed by atoms with E-state index < -0.39 is 0 Å². The molecule has 5 heteroatoms. The first-order chi connectivity index (χ1) is 8.04. The first-order valence-electron chi connectivity index (χ1n) is 6.16. The largest absolute Gasteiger partial charge is 0.468 e. The molecule has 1 aliphatic heterocycles. The van der Waals surface area contributed by atoms with E-state index in [4.69, 9.17) is 4.74 Å². The molecule has 0 radical (unpaired) electrons. The molecule has 0 aromatic heterocycles. The van der Waals surface area contributed by atoms with Crippen LogP contribution >= 0.6 is 0 Å². The molecule has 1 N–H and O–H groups in total. The van der Waals surface area contributed by atoms with Gasteiger partial charge in [0.05, 0.1) is 7.11 Å². The quantitative estimate of drug-likeness (QED) is 0.715. The van der Waals surface area contributed by atoms with Crippen LogP contribution in [0.3, 0.4) is 0 Å². The van der Waals surface area contributed by atoms with E-state index in [0.29, 0.717) is 13.0 Å². The number of ether oxygens (including phenoxy) is 1. The van der Waals surface area contributed by atoms with Crippen LogP contribution in [0.5, 0.6) is 0 Å². The fourth-order valence-electron chi connectivity index (χ4n) is 2.14. The van der Waals surface area contributed by atoms with E-state index in [1.54, 1.807) is 0 Å². The van der Waals surface area contributed by atoms with Crippen molar-refractivity contribution < 1.29 is 14.3 Å². The van der Waals surface area contributed by atoms with Gasteiger partial charge < -0.3 is 10.1 Å². The van der Waals surface area contributed by atoms with Gasteiger partial charge in [-0.15, -0.1) is 0 Å². The number of hydrogen-bond acceptors (Lipinski definition) is 4. The molecule has 0 spiro atoms. The van der Waals surface area contributed by atoms with Crippen LogP contribution in [0.15, 0.2) is 0 Å². The van der Waals surface area contributed by atoms with E-state index in [9.17, 15) is 9.59 Å². The third-order valence-corrected chi connectivity index (χ3v) is 2.91. The predicted molar refractivity (Wildman–Crippen MR) is 64.5 cm³/mol. The van der Waals surface area contributed by atoms with Crippen LogP contribution in [-0.4, -0.2) is 49.1 Å². The lowest BCUT2D eigenvalue weighted by molar-refractivity contribution is -0.146. The molecule has 1 amide bonds. The van der Waals surface area contributed by atoms with Gasteiger partial charge in [0.15, 0.2) is 0 Å². The Morgan fingerprint density at radius 2 is 2.18 bits per heavy atom. The lowest BCUT2D eigenvalue weighted by atomic mass is 10.2. The van der Waals surface area contributed by atoms with E-state index >= 15 is 0 Å².